The van der Waals surface area contributed by atoms with Crippen LogP contribution in [0.15, 0.2) is 53.0 Å². The SMILES string of the molecule is CCCCN1CCC(NC(=O)c2ccccc2OCC(=O)Nc2ccc(Br)cc2)CC1. The second-order valence-electron chi connectivity index (χ2n) is 7.78. The summed E-state index contributed by atoms with van der Waals surface area (Å²) in [5.41, 5.74) is 1.14. The number of rotatable bonds is 9. The van der Waals surface area contributed by atoms with Gasteiger partial charge < -0.3 is 20.3 Å². The van der Waals surface area contributed by atoms with Crippen LogP contribution in [-0.4, -0.2) is 49.0 Å². The lowest BCUT2D eigenvalue weighted by atomic mass is 10.0. The van der Waals surface area contributed by atoms with Crippen molar-refractivity contribution in [2.45, 2.75) is 38.6 Å². The molecular formula is C24H30BrN3O3. The molecule has 2 amide bonds. The molecule has 3 rings (SSSR count). The van der Waals surface area contributed by atoms with Crippen LogP contribution in [0.5, 0.6) is 5.75 Å². The van der Waals surface area contributed by atoms with Gasteiger partial charge in [-0.1, -0.05) is 41.4 Å². The van der Waals surface area contributed by atoms with Gasteiger partial charge in [-0.3, -0.25) is 9.59 Å². The molecule has 0 spiro atoms. The number of ether oxygens (including phenoxy) is 1. The van der Waals surface area contributed by atoms with E-state index in [4.69, 9.17) is 4.74 Å². The highest BCUT2D eigenvalue weighted by Gasteiger charge is 2.22. The topological polar surface area (TPSA) is 70.7 Å². The van der Waals surface area contributed by atoms with Crippen LogP contribution in [0.25, 0.3) is 0 Å². The Balaban J connectivity index is 1.50. The third-order valence-corrected chi connectivity index (χ3v) is 5.90. The molecule has 2 aromatic carbocycles. The Labute approximate surface area is 192 Å². The van der Waals surface area contributed by atoms with Crippen LogP contribution < -0.4 is 15.4 Å². The van der Waals surface area contributed by atoms with Gasteiger partial charge >= 0.3 is 0 Å². The fourth-order valence-corrected chi connectivity index (χ4v) is 3.86. The Bertz CT molecular complexity index is 865. The fraction of sp³-hybridized carbons (Fsp3) is 0.417. The zero-order valence-corrected chi connectivity index (χ0v) is 19.5. The van der Waals surface area contributed by atoms with Crippen LogP contribution in [0.1, 0.15) is 43.0 Å². The van der Waals surface area contributed by atoms with Crippen LogP contribution in [-0.2, 0) is 4.79 Å². The molecule has 2 aromatic rings. The molecule has 166 valence electrons. The number of carbonyl (C=O) groups is 2. The summed E-state index contributed by atoms with van der Waals surface area (Å²) in [4.78, 5) is 27.5. The molecule has 0 aliphatic carbocycles. The quantitative estimate of drug-likeness (QED) is 0.547. The minimum atomic E-state index is -0.281. The van der Waals surface area contributed by atoms with Crippen LogP contribution in [0, 0.1) is 0 Å². The van der Waals surface area contributed by atoms with Crippen molar-refractivity contribution in [1.29, 1.82) is 0 Å². The molecule has 7 heteroatoms. The van der Waals surface area contributed by atoms with E-state index in [2.05, 4.69) is 38.4 Å². The van der Waals surface area contributed by atoms with Crippen molar-refractivity contribution in [3.05, 3.63) is 58.6 Å². The number of piperidine rings is 1. The molecule has 2 N–H and O–H groups in total. The van der Waals surface area contributed by atoms with Crippen LogP contribution in [0.4, 0.5) is 5.69 Å². The van der Waals surface area contributed by atoms with Gasteiger partial charge in [0.05, 0.1) is 5.56 Å². The number of halogens is 1. The second-order valence-corrected chi connectivity index (χ2v) is 8.70. The standard InChI is InChI=1S/C24H30BrN3O3/c1-2-3-14-28-15-12-20(13-16-28)27-24(30)21-6-4-5-7-22(21)31-17-23(29)26-19-10-8-18(25)9-11-19/h4-11,20H,2-3,12-17H2,1H3,(H,26,29)(H,27,30). The highest BCUT2D eigenvalue weighted by Crippen LogP contribution is 2.20. The van der Waals surface area contributed by atoms with Gasteiger partial charge in [0.15, 0.2) is 6.61 Å². The number of likely N-dealkylation sites (tertiary alicyclic amines) is 1. The lowest BCUT2D eigenvalue weighted by Crippen LogP contribution is -2.44. The van der Waals surface area contributed by atoms with Gasteiger partial charge in [0.25, 0.3) is 11.8 Å². The molecule has 0 atom stereocenters. The van der Waals surface area contributed by atoms with Crippen LogP contribution in [0.3, 0.4) is 0 Å². The van der Waals surface area contributed by atoms with E-state index in [9.17, 15) is 9.59 Å². The minimum absolute atomic E-state index is 0.157. The zero-order valence-electron chi connectivity index (χ0n) is 17.9. The van der Waals surface area contributed by atoms with Crippen molar-refractivity contribution in [1.82, 2.24) is 10.2 Å². The Morgan fingerprint density at radius 3 is 2.52 bits per heavy atom. The number of unbranched alkanes of at least 4 members (excludes halogenated alkanes) is 1. The lowest BCUT2D eigenvalue weighted by Gasteiger charge is -2.32. The number of benzene rings is 2. The first-order valence-corrected chi connectivity index (χ1v) is 11.6. The van der Waals surface area contributed by atoms with Gasteiger partial charge in [0.1, 0.15) is 5.75 Å². The maximum absolute atomic E-state index is 12.8. The van der Waals surface area contributed by atoms with Crippen molar-refractivity contribution in [3.63, 3.8) is 0 Å². The number of anilines is 1. The van der Waals surface area contributed by atoms with Crippen molar-refractivity contribution in [2.75, 3.05) is 31.6 Å². The Morgan fingerprint density at radius 1 is 1.10 bits per heavy atom. The van der Waals surface area contributed by atoms with Crippen molar-refractivity contribution in [3.8, 4) is 5.75 Å². The Hall–Kier alpha value is -2.38. The minimum Gasteiger partial charge on any atom is -0.483 e. The van der Waals surface area contributed by atoms with Crippen molar-refractivity contribution < 1.29 is 14.3 Å². The largest absolute Gasteiger partial charge is 0.483 e. The van der Waals surface area contributed by atoms with Gasteiger partial charge in [-0.2, -0.15) is 0 Å². The molecule has 1 fully saturated rings. The van der Waals surface area contributed by atoms with Crippen molar-refractivity contribution >= 4 is 33.4 Å². The Morgan fingerprint density at radius 2 is 1.81 bits per heavy atom. The van der Waals surface area contributed by atoms with Gasteiger partial charge in [0.2, 0.25) is 0 Å². The van der Waals surface area contributed by atoms with Gasteiger partial charge in [-0.05, 0) is 62.2 Å². The molecule has 31 heavy (non-hydrogen) atoms. The van der Waals surface area contributed by atoms with E-state index in [1.807, 2.05) is 12.1 Å². The average Bonchev–Trinajstić information content (AvgIpc) is 2.79. The normalized spacial score (nSPS) is 14.8. The smallest absolute Gasteiger partial charge is 0.262 e. The van der Waals surface area contributed by atoms with Gasteiger partial charge in [0, 0.05) is 29.3 Å². The first-order valence-electron chi connectivity index (χ1n) is 10.9. The second kappa shape index (κ2) is 11.9. The fourth-order valence-electron chi connectivity index (χ4n) is 3.60. The molecule has 0 bridgehead atoms. The van der Waals surface area contributed by atoms with E-state index in [1.165, 1.54) is 12.8 Å². The summed E-state index contributed by atoms with van der Waals surface area (Å²) >= 11 is 3.37. The molecule has 0 unspecified atom stereocenters. The van der Waals surface area contributed by atoms with E-state index < -0.39 is 0 Å². The summed E-state index contributed by atoms with van der Waals surface area (Å²) < 4.78 is 6.61. The first-order chi connectivity index (χ1) is 15.0. The molecule has 0 aromatic heterocycles. The lowest BCUT2D eigenvalue weighted by molar-refractivity contribution is -0.118. The molecule has 0 saturated carbocycles. The average molecular weight is 488 g/mol. The molecule has 1 aliphatic heterocycles. The molecule has 6 nitrogen and oxygen atoms in total. The maximum Gasteiger partial charge on any atom is 0.262 e. The first kappa shape index (κ1) is 23.3. The Kier molecular flexibility index (Phi) is 8.91. The number of hydrogen-bond donors (Lipinski definition) is 2. The third kappa shape index (κ3) is 7.36. The number of amides is 2. The molecule has 0 radical (unpaired) electrons. The predicted molar refractivity (Wildman–Crippen MR) is 127 cm³/mol. The highest BCUT2D eigenvalue weighted by molar-refractivity contribution is 9.10. The van der Waals surface area contributed by atoms with Crippen molar-refractivity contribution in [2.24, 2.45) is 0 Å². The number of carbonyl (C=O) groups excluding carboxylic acids is 2. The summed E-state index contributed by atoms with van der Waals surface area (Å²) in [5.74, 6) is -0.0285. The number of hydrogen-bond acceptors (Lipinski definition) is 4. The zero-order chi connectivity index (χ0) is 22.1. The molecule has 1 saturated heterocycles. The highest BCUT2D eigenvalue weighted by atomic mass is 79.9. The van der Waals surface area contributed by atoms with Crippen LogP contribution in [0.2, 0.25) is 0 Å². The molecule has 1 heterocycles. The monoisotopic (exact) mass is 487 g/mol. The van der Waals surface area contributed by atoms with Gasteiger partial charge in [-0.15, -0.1) is 0 Å². The van der Waals surface area contributed by atoms with Crippen LogP contribution >= 0.6 is 15.9 Å². The third-order valence-electron chi connectivity index (χ3n) is 5.37. The molecule has 1 aliphatic rings. The molecular weight excluding hydrogens is 458 g/mol. The number of nitrogens with one attached hydrogen (secondary N) is 2. The number of nitrogens with zero attached hydrogens (tertiary/aromatic N) is 1. The van der Waals surface area contributed by atoms with Gasteiger partial charge in [-0.25, -0.2) is 0 Å². The van der Waals surface area contributed by atoms with E-state index >= 15 is 0 Å². The summed E-state index contributed by atoms with van der Waals surface area (Å²) in [6.45, 7) is 5.20. The van der Waals surface area contributed by atoms with E-state index in [1.54, 1.807) is 36.4 Å². The van der Waals surface area contributed by atoms with E-state index in [-0.39, 0.29) is 24.5 Å². The maximum atomic E-state index is 12.8. The number of para-hydroxylation sites is 1. The summed E-state index contributed by atoms with van der Waals surface area (Å²) in [6.07, 6.45) is 4.33. The van der Waals surface area contributed by atoms with E-state index in [0.29, 0.717) is 17.0 Å². The summed E-state index contributed by atoms with van der Waals surface area (Å²) in [5, 5.41) is 5.92. The van der Waals surface area contributed by atoms with E-state index in [0.717, 1.165) is 36.9 Å². The summed E-state index contributed by atoms with van der Waals surface area (Å²) in [6, 6.07) is 14.5. The predicted octanol–water partition coefficient (Wildman–Crippen LogP) is 4.46. The summed E-state index contributed by atoms with van der Waals surface area (Å²) in [7, 11) is 0.